The molecule has 0 aliphatic carbocycles. The molecular weight excluding hydrogens is 617 g/mol. The van der Waals surface area contributed by atoms with Crippen LogP contribution < -0.4 is 14.9 Å². The van der Waals surface area contributed by atoms with Crippen LogP contribution in [0.2, 0.25) is 10.0 Å². The maximum Gasteiger partial charge on any atom is 0.343 e. The molecule has 0 aliphatic heterocycles. The summed E-state index contributed by atoms with van der Waals surface area (Å²) in [5, 5.41) is 5.75. The van der Waals surface area contributed by atoms with E-state index in [1.54, 1.807) is 60.7 Å². The highest BCUT2D eigenvalue weighted by Gasteiger charge is 2.22. The number of aromatic nitrogens is 1. The van der Waals surface area contributed by atoms with Gasteiger partial charge in [0, 0.05) is 31.6 Å². The zero-order valence-corrected chi connectivity index (χ0v) is 24.0. The molecule has 1 aromatic heterocycles. The summed E-state index contributed by atoms with van der Waals surface area (Å²) in [6, 6.07) is 24.3. The summed E-state index contributed by atoms with van der Waals surface area (Å²) in [7, 11) is 1.52. The summed E-state index contributed by atoms with van der Waals surface area (Å²) in [6.45, 7) is 0. The van der Waals surface area contributed by atoms with Crippen LogP contribution in [0.5, 0.6) is 11.5 Å². The van der Waals surface area contributed by atoms with Gasteiger partial charge in [0.25, 0.3) is 5.91 Å². The van der Waals surface area contributed by atoms with Crippen molar-refractivity contribution in [1.29, 1.82) is 0 Å². The average molecular weight is 637 g/mol. The Bertz CT molecular complexity index is 1780. The van der Waals surface area contributed by atoms with Crippen molar-refractivity contribution in [1.82, 2.24) is 10.4 Å². The molecule has 0 radical (unpaired) electrons. The number of halogens is 3. The third kappa shape index (κ3) is 5.74. The number of H-pyrrole nitrogens is 1. The number of esters is 1. The summed E-state index contributed by atoms with van der Waals surface area (Å²) in [5.74, 6) is -0.268. The molecule has 0 unspecified atom stereocenters. The molecule has 0 bridgehead atoms. The monoisotopic (exact) mass is 635 g/mol. The van der Waals surface area contributed by atoms with Crippen LogP contribution in [-0.4, -0.2) is 30.2 Å². The van der Waals surface area contributed by atoms with Gasteiger partial charge >= 0.3 is 5.97 Å². The molecule has 0 saturated heterocycles. The number of para-hydroxylation sites is 1. The number of hydrogen-bond donors (Lipinski definition) is 2. The van der Waals surface area contributed by atoms with Crippen LogP contribution in [0.15, 0.2) is 94.5 Å². The van der Waals surface area contributed by atoms with Crippen molar-refractivity contribution in [3.05, 3.63) is 116 Å². The van der Waals surface area contributed by atoms with E-state index < -0.39 is 11.9 Å². The van der Waals surface area contributed by atoms with Gasteiger partial charge in [0.2, 0.25) is 0 Å². The highest BCUT2D eigenvalue weighted by atomic mass is 79.9. The van der Waals surface area contributed by atoms with Crippen molar-refractivity contribution >= 4 is 68.1 Å². The van der Waals surface area contributed by atoms with Crippen LogP contribution >= 0.6 is 39.1 Å². The Morgan fingerprint density at radius 1 is 0.950 bits per heavy atom. The second-order valence-corrected chi connectivity index (χ2v) is 10.3. The molecular formula is C30H20BrCl2N3O4. The number of nitrogens with one attached hydrogen (secondary N) is 2. The molecule has 2 N–H and O–H groups in total. The summed E-state index contributed by atoms with van der Waals surface area (Å²) in [6.07, 6.45) is 1.40. The van der Waals surface area contributed by atoms with Crippen LogP contribution in [0.1, 0.15) is 26.4 Å². The van der Waals surface area contributed by atoms with Crippen LogP contribution in [0.4, 0.5) is 0 Å². The van der Waals surface area contributed by atoms with Crippen molar-refractivity contribution in [2.75, 3.05) is 7.11 Å². The molecule has 4 aromatic carbocycles. The number of carbonyl (C=O) groups excluding carboxylic acids is 2. The molecule has 40 heavy (non-hydrogen) atoms. The van der Waals surface area contributed by atoms with Gasteiger partial charge in [-0.1, -0.05) is 75.5 Å². The molecule has 0 aliphatic rings. The smallest absolute Gasteiger partial charge is 0.343 e. The van der Waals surface area contributed by atoms with E-state index in [0.29, 0.717) is 43.6 Å². The first-order valence-electron chi connectivity index (χ1n) is 11.9. The van der Waals surface area contributed by atoms with Gasteiger partial charge in [0.05, 0.1) is 29.4 Å². The number of fused-ring (bicyclic) bond motifs is 1. The Morgan fingerprint density at radius 2 is 1.73 bits per heavy atom. The van der Waals surface area contributed by atoms with E-state index in [-0.39, 0.29) is 11.4 Å². The van der Waals surface area contributed by atoms with Crippen LogP contribution in [0, 0.1) is 0 Å². The van der Waals surface area contributed by atoms with E-state index in [9.17, 15) is 9.59 Å². The van der Waals surface area contributed by atoms with Crippen LogP contribution in [0.25, 0.3) is 22.0 Å². The Balaban J connectivity index is 1.42. The van der Waals surface area contributed by atoms with Gasteiger partial charge in [-0.25, -0.2) is 10.2 Å². The van der Waals surface area contributed by atoms with Crippen LogP contribution in [0.3, 0.4) is 0 Å². The van der Waals surface area contributed by atoms with Gasteiger partial charge in [-0.05, 0) is 48.5 Å². The average Bonchev–Trinajstić information content (AvgIpc) is 3.34. The minimum atomic E-state index is -0.561. The lowest BCUT2D eigenvalue weighted by Gasteiger charge is -2.08. The van der Waals surface area contributed by atoms with Crippen molar-refractivity contribution in [3.8, 4) is 22.6 Å². The first-order valence-corrected chi connectivity index (χ1v) is 13.4. The Morgan fingerprint density at radius 3 is 2.52 bits per heavy atom. The fourth-order valence-corrected chi connectivity index (χ4v) is 5.23. The van der Waals surface area contributed by atoms with Gasteiger partial charge in [0.15, 0.2) is 0 Å². The fourth-order valence-electron chi connectivity index (χ4n) is 4.14. The first-order chi connectivity index (χ1) is 19.4. The minimum absolute atomic E-state index is 0.234. The van der Waals surface area contributed by atoms with E-state index >= 15 is 0 Å². The molecule has 1 heterocycles. The normalized spacial score (nSPS) is 11.1. The Kier molecular flexibility index (Phi) is 8.21. The minimum Gasteiger partial charge on any atom is -0.497 e. The lowest BCUT2D eigenvalue weighted by atomic mass is 10.0. The maximum atomic E-state index is 13.4. The number of nitrogens with zero attached hydrogens (tertiary/aromatic N) is 1. The number of methoxy groups -OCH3 is 1. The molecule has 10 heteroatoms. The summed E-state index contributed by atoms with van der Waals surface area (Å²) in [4.78, 5) is 29.2. The lowest BCUT2D eigenvalue weighted by molar-refractivity contribution is 0.0733. The number of hydrazone groups is 1. The number of amides is 1. The molecule has 0 saturated carbocycles. The lowest BCUT2D eigenvalue weighted by Crippen LogP contribution is -2.19. The number of aromatic amines is 1. The summed E-state index contributed by atoms with van der Waals surface area (Å²) < 4.78 is 11.5. The van der Waals surface area contributed by atoms with Crippen molar-refractivity contribution in [3.63, 3.8) is 0 Å². The maximum absolute atomic E-state index is 13.4. The molecule has 5 rings (SSSR count). The van der Waals surface area contributed by atoms with Gasteiger partial charge in [-0.3, -0.25) is 4.79 Å². The largest absolute Gasteiger partial charge is 0.497 e. The second kappa shape index (κ2) is 12.0. The molecule has 0 spiro atoms. The molecule has 1 amide bonds. The Labute approximate surface area is 247 Å². The second-order valence-electron chi connectivity index (χ2n) is 8.52. The number of hydrogen-bond acceptors (Lipinski definition) is 5. The predicted octanol–water partition coefficient (Wildman–Crippen LogP) is 7.90. The highest BCUT2D eigenvalue weighted by molar-refractivity contribution is 9.10. The van der Waals surface area contributed by atoms with E-state index in [1.807, 2.05) is 24.3 Å². The van der Waals surface area contributed by atoms with E-state index in [4.69, 9.17) is 32.7 Å². The number of carbonyl (C=O) groups is 2. The van der Waals surface area contributed by atoms with Gasteiger partial charge < -0.3 is 14.5 Å². The van der Waals surface area contributed by atoms with Gasteiger partial charge in [-0.2, -0.15) is 5.10 Å². The molecule has 200 valence electrons. The Hall–Kier alpha value is -4.11. The first kappa shape index (κ1) is 27.5. The van der Waals surface area contributed by atoms with Crippen molar-refractivity contribution in [2.45, 2.75) is 0 Å². The van der Waals surface area contributed by atoms with Gasteiger partial charge in [0.1, 0.15) is 17.2 Å². The zero-order valence-electron chi connectivity index (χ0n) is 20.9. The van der Waals surface area contributed by atoms with E-state index in [2.05, 4.69) is 31.4 Å². The molecule has 5 aromatic rings. The van der Waals surface area contributed by atoms with E-state index in [0.717, 1.165) is 9.86 Å². The summed E-state index contributed by atoms with van der Waals surface area (Å²) in [5.41, 5.74) is 5.42. The van der Waals surface area contributed by atoms with Crippen LogP contribution in [-0.2, 0) is 0 Å². The third-order valence-corrected chi connectivity index (χ3v) is 7.08. The number of ether oxygens (including phenoxy) is 2. The SMILES string of the molecule is COc1cccc(C(=O)Oc2ccccc2C=NNC(=O)c2[nH]c3c(Cl)cc(Br)cc3c2-c2ccccc2Cl)c1. The molecule has 0 atom stereocenters. The third-order valence-electron chi connectivity index (χ3n) is 5.99. The van der Waals surface area contributed by atoms with Crippen molar-refractivity contribution in [2.24, 2.45) is 5.10 Å². The topological polar surface area (TPSA) is 92.8 Å². The quantitative estimate of drug-likeness (QED) is 0.0822. The predicted molar refractivity (Wildman–Crippen MR) is 161 cm³/mol. The van der Waals surface area contributed by atoms with E-state index in [1.165, 1.54) is 13.3 Å². The standard InChI is InChI=1S/C30H20BrCl2N3O4/c1-39-20-9-6-8-17(13-20)30(38)40-25-12-5-2-7-18(25)16-34-36-29(37)28-26(21-10-3-4-11-23(21)32)22-14-19(31)15-24(33)27(22)35-28/h2-16,35H,1H3,(H,36,37). The molecule has 0 fully saturated rings. The van der Waals surface area contributed by atoms with Crippen molar-refractivity contribution < 1.29 is 19.1 Å². The fraction of sp³-hybridized carbons (Fsp3) is 0.0333. The summed E-state index contributed by atoms with van der Waals surface area (Å²) >= 11 is 16.5. The number of rotatable bonds is 7. The molecule has 7 nitrogen and oxygen atoms in total. The van der Waals surface area contributed by atoms with Gasteiger partial charge in [-0.15, -0.1) is 0 Å². The highest BCUT2D eigenvalue weighted by Crippen LogP contribution is 2.40. The zero-order chi connectivity index (χ0) is 28.2. The number of benzene rings is 4.